The van der Waals surface area contributed by atoms with Crippen LogP contribution in [0.25, 0.3) is 4.96 Å². The minimum atomic E-state index is -0.669. The van der Waals surface area contributed by atoms with Gasteiger partial charge in [0.05, 0.1) is 32.7 Å². The molecule has 4 aromatic rings. The average Bonchev–Trinajstić information content (AvgIpc) is 3.40. The van der Waals surface area contributed by atoms with Gasteiger partial charge in [0.15, 0.2) is 6.61 Å². The van der Waals surface area contributed by atoms with Gasteiger partial charge in [0.2, 0.25) is 4.96 Å². The molecule has 1 unspecified atom stereocenters. The van der Waals surface area contributed by atoms with Crippen LogP contribution in [0.3, 0.4) is 0 Å². The first-order valence-corrected chi connectivity index (χ1v) is 14.6. The van der Waals surface area contributed by atoms with Crippen molar-refractivity contribution in [1.82, 2.24) is 34.8 Å². The molecule has 5 heterocycles. The quantitative estimate of drug-likeness (QED) is 0.344. The number of imidazole rings is 1. The lowest BCUT2D eigenvalue weighted by molar-refractivity contribution is -0.135. The molecular formula is C26H28FN7O3S2. The first-order chi connectivity index (χ1) is 18.9. The second-order valence-corrected chi connectivity index (χ2v) is 12.0. The lowest BCUT2D eigenvalue weighted by Crippen LogP contribution is -2.43. The minimum absolute atomic E-state index is 0.193. The Morgan fingerprint density at radius 2 is 2.00 bits per heavy atom. The Balaban J connectivity index is 1.27. The van der Waals surface area contributed by atoms with Crippen LogP contribution in [0.2, 0.25) is 0 Å². The van der Waals surface area contributed by atoms with E-state index in [0.29, 0.717) is 46.5 Å². The van der Waals surface area contributed by atoms with Gasteiger partial charge < -0.3 is 15.0 Å². The highest BCUT2D eigenvalue weighted by molar-refractivity contribution is 7.16. The second kappa shape index (κ2) is 10.3. The molecule has 0 aromatic carbocycles. The molecule has 0 bridgehead atoms. The van der Waals surface area contributed by atoms with Gasteiger partial charge >= 0.3 is 0 Å². The third kappa shape index (κ3) is 4.89. The number of ether oxygens (including phenoxy) is 1. The Morgan fingerprint density at radius 3 is 2.69 bits per heavy atom. The van der Waals surface area contributed by atoms with Gasteiger partial charge in [-0.2, -0.15) is 5.10 Å². The second-order valence-electron chi connectivity index (χ2n) is 9.72. The van der Waals surface area contributed by atoms with E-state index >= 15 is 0 Å². The van der Waals surface area contributed by atoms with Crippen LogP contribution < -0.4 is 10.1 Å². The third-order valence-corrected chi connectivity index (χ3v) is 8.90. The van der Waals surface area contributed by atoms with Crippen LogP contribution >= 0.6 is 22.7 Å². The molecule has 0 spiro atoms. The third-order valence-electron chi connectivity index (χ3n) is 6.90. The summed E-state index contributed by atoms with van der Waals surface area (Å²) in [4.78, 5) is 43.3. The predicted molar refractivity (Wildman–Crippen MR) is 144 cm³/mol. The van der Waals surface area contributed by atoms with E-state index in [1.165, 1.54) is 22.7 Å². The summed E-state index contributed by atoms with van der Waals surface area (Å²) in [6.45, 7) is 5.39. The number of pyridine rings is 1. The number of nitrogens with one attached hydrogen (secondary N) is 1. The van der Waals surface area contributed by atoms with Crippen LogP contribution in [-0.4, -0.2) is 60.5 Å². The van der Waals surface area contributed by atoms with Crippen molar-refractivity contribution in [2.24, 2.45) is 0 Å². The van der Waals surface area contributed by atoms with Gasteiger partial charge in [-0.1, -0.05) is 18.3 Å². The summed E-state index contributed by atoms with van der Waals surface area (Å²) in [7, 11) is 0. The van der Waals surface area contributed by atoms with E-state index < -0.39 is 12.7 Å². The normalized spacial score (nSPS) is 16.9. The standard InChI is InChI=1S/C26H28FN7O3S2/c1-4-16-19(8-7-18(30-16)25(36)29-15-5-6-15)37-12-21(35)33-10-9-17-22(23(33)24-13(2)28-14(3)38-24)34-26(31-17)39-20(11-27)32-34/h7-8,15,23H,4-6,9-12H2,1-3H3,(H,29,36). The van der Waals surface area contributed by atoms with Gasteiger partial charge in [-0.15, -0.1) is 11.3 Å². The molecular weight excluding hydrogens is 541 g/mol. The molecule has 1 atom stereocenters. The number of thiazole rings is 1. The first kappa shape index (κ1) is 25.8. The molecule has 0 saturated heterocycles. The maximum absolute atomic E-state index is 13.7. The number of aryl methyl sites for hydroxylation is 3. The fraction of sp³-hybridized carbons (Fsp3) is 0.462. The van der Waals surface area contributed by atoms with Crippen molar-refractivity contribution in [3.05, 3.63) is 55.5 Å². The Hall–Kier alpha value is -3.45. The molecule has 204 valence electrons. The molecule has 2 aliphatic rings. The monoisotopic (exact) mass is 569 g/mol. The van der Waals surface area contributed by atoms with Gasteiger partial charge in [0, 0.05) is 19.0 Å². The molecule has 1 aliphatic carbocycles. The fourth-order valence-electron chi connectivity index (χ4n) is 4.90. The van der Waals surface area contributed by atoms with Gasteiger partial charge in [-0.25, -0.2) is 23.9 Å². The van der Waals surface area contributed by atoms with Gasteiger partial charge in [0.1, 0.15) is 29.2 Å². The van der Waals surface area contributed by atoms with Crippen LogP contribution in [0, 0.1) is 13.8 Å². The van der Waals surface area contributed by atoms with Crippen LogP contribution in [0.1, 0.15) is 74.0 Å². The average molecular weight is 570 g/mol. The van der Waals surface area contributed by atoms with Crippen LogP contribution in [0.5, 0.6) is 5.75 Å². The first-order valence-electron chi connectivity index (χ1n) is 13.0. The summed E-state index contributed by atoms with van der Waals surface area (Å²) < 4.78 is 21.1. The Bertz CT molecular complexity index is 1570. The highest BCUT2D eigenvalue weighted by Crippen LogP contribution is 2.40. The zero-order valence-electron chi connectivity index (χ0n) is 21.9. The van der Waals surface area contributed by atoms with E-state index in [4.69, 9.17) is 9.72 Å². The van der Waals surface area contributed by atoms with Crippen LogP contribution in [-0.2, 0) is 24.3 Å². The van der Waals surface area contributed by atoms with E-state index in [0.717, 1.165) is 39.8 Å². The van der Waals surface area contributed by atoms with Gasteiger partial charge in [0.25, 0.3) is 11.8 Å². The highest BCUT2D eigenvalue weighted by Gasteiger charge is 2.39. The summed E-state index contributed by atoms with van der Waals surface area (Å²) in [5, 5.41) is 8.63. The maximum atomic E-state index is 13.7. The maximum Gasteiger partial charge on any atom is 0.270 e. The molecule has 4 aromatic heterocycles. The molecule has 1 fully saturated rings. The largest absolute Gasteiger partial charge is 0.482 e. The number of alkyl halides is 1. The number of rotatable bonds is 8. The Morgan fingerprint density at radius 1 is 1.18 bits per heavy atom. The Kier molecular flexibility index (Phi) is 6.79. The summed E-state index contributed by atoms with van der Waals surface area (Å²) in [6.07, 6.45) is 3.11. The number of aromatic nitrogens is 5. The van der Waals surface area contributed by atoms with Crippen molar-refractivity contribution in [1.29, 1.82) is 0 Å². The predicted octanol–water partition coefficient (Wildman–Crippen LogP) is 3.74. The zero-order valence-corrected chi connectivity index (χ0v) is 23.5. The van der Waals surface area contributed by atoms with Crippen molar-refractivity contribution >= 4 is 39.4 Å². The fourth-order valence-corrected chi connectivity index (χ4v) is 6.72. The number of amides is 2. The summed E-state index contributed by atoms with van der Waals surface area (Å²) in [5.41, 5.74) is 3.43. The Labute approximate surface area is 232 Å². The van der Waals surface area contributed by atoms with Crippen molar-refractivity contribution in [3.63, 3.8) is 0 Å². The number of fused-ring (bicyclic) bond motifs is 3. The highest BCUT2D eigenvalue weighted by atomic mass is 32.1. The van der Waals surface area contributed by atoms with E-state index in [1.54, 1.807) is 21.5 Å². The number of halogens is 1. The molecule has 0 radical (unpaired) electrons. The van der Waals surface area contributed by atoms with Crippen molar-refractivity contribution < 1.29 is 18.7 Å². The molecule has 10 nitrogen and oxygen atoms in total. The van der Waals surface area contributed by atoms with Gasteiger partial charge in [-0.3, -0.25) is 9.59 Å². The zero-order chi connectivity index (χ0) is 27.3. The van der Waals surface area contributed by atoms with Crippen LogP contribution in [0.15, 0.2) is 12.1 Å². The molecule has 2 amide bonds. The molecule has 13 heteroatoms. The molecule has 1 aliphatic heterocycles. The molecule has 1 N–H and O–H groups in total. The number of nitrogens with zero attached hydrogens (tertiary/aromatic N) is 6. The lowest BCUT2D eigenvalue weighted by atomic mass is 10.00. The number of carbonyl (C=O) groups excluding carboxylic acids is 2. The van der Waals surface area contributed by atoms with E-state index in [-0.39, 0.29) is 24.5 Å². The molecule has 39 heavy (non-hydrogen) atoms. The van der Waals surface area contributed by atoms with Crippen molar-refractivity contribution in [2.45, 2.75) is 65.2 Å². The lowest BCUT2D eigenvalue weighted by Gasteiger charge is -2.35. The van der Waals surface area contributed by atoms with Crippen molar-refractivity contribution in [2.75, 3.05) is 13.2 Å². The number of hydrogen-bond acceptors (Lipinski definition) is 9. The van der Waals surface area contributed by atoms with E-state index in [1.807, 2.05) is 20.8 Å². The molecule has 6 rings (SSSR count). The smallest absolute Gasteiger partial charge is 0.270 e. The summed E-state index contributed by atoms with van der Waals surface area (Å²) >= 11 is 2.75. The van der Waals surface area contributed by atoms with E-state index in [2.05, 4.69) is 20.4 Å². The topological polar surface area (TPSA) is 115 Å². The SMILES string of the molecule is CCc1nc(C(=O)NC2CC2)ccc1OCC(=O)N1CCc2nc3sc(CF)nn3c2C1c1sc(C)nc1C. The number of hydrogen-bond donors (Lipinski definition) is 1. The minimum Gasteiger partial charge on any atom is -0.482 e. The van der Waals surface area contributed by atoms with Crippen LogP contribution in [0.4, 0.5) is 4.39 Å². The van der Waals surface area contributed by atoms with Crippen molar-refractivity contribution in [3.8, 4) is 5.75 Å². The summed E-state index contributed by atoms with van der Waals surface area (Å²) in [5.74, 6) is 0.0819. The van der Waals surface area contributed by atoms with E-state index in [9.17, 15) is 14.0 Å². The summed E-state index contributed by atoms with van der Waals surface area (Å²) in [6, 6.07) is 3.12. The number of carbonyl (C=O) groups is 2. The molecule has 1 saturated carbocycles. The van der Waals surface area contributed by atoms with Gasteiger partial charge in [-0.05, 0) is 45.2 Å².